The molecule has 9 heteroatoms. The second kappa shape index (κ2) is 9.63. The number of nitrogens with one attached hydrogen (secondary N) is 2. The van der Waals surface area contributed by atoms with Crippen molar-refractivity contribution in [3.63, 3.8) is 0 Å². The van der Waals surface area contributed by atoms with E-state index in [1.807, 2.05) is 36.4 Å². The molecule has 0 radical (unpaired) electrons. The molecule has 0 spiro atoms. The van der Waals surface area contributed by atoms with Gasteiger partial charge < -0.3 is 20.6 Å². The number of rotatable bonds is 5. The summed E-state index contributed by atoms with van der Waals surface area (Å²) in [4.78, 5) is 40.2. The normalized spacial score (nSPS) is 16.4. The maximum absolute atomic E-state index is 13.4. The van der Waals surface area contributed by atoms with Crippen LogP contribution in [0.2, 0.25) is 0 Å². The van der Waals surface area contributed by atoms with Crippen molar-refractivity contribution in [3.05, 3.63) is 89.5 Å². The SMILES string of the molecule is CC(NC(=O)[C@@H](O)c1cc(F)cc(F)c1)C(=O)N[C@@H]1C(=O)N(C)c2ccccc2-c2ccccc21. The van der Waals surface area contributed by atoms with Crippen molar-refractivity contribution in [2.75, 3.05) is 11.9 Å². The van der Waals surface area contributed by atoms with Gasteiger partial charge in [0.05, 0.1) is 5.69 Å². The Bertz CT molecular complexity index is 1290. The first-order chi connectivity index (χ1) is 16.7. The molecule has 4 rings (SSSR count). The topological polar surface area (TPSA) is 98.7 Å². The summed E-state index contributed by atoms with van der Waals surface area (Å²) in [6.07, 6.45) is -1.89. The van der Waals surface area contributed by atoms with Crippen molar-refractivity contribution < 1.29 is 28.3 Å². The van der Waals surface area contributed by atoms with Crippen LogP contribution in [0.4, 0.5) is 14.5 Å². The number of likely N-dealkylation sites (N-methyl/N-ethyl adjacent to an activating group) is 1. The summed E-state index contributed by atoms with van der Waals surface area (Å²) in [5.41, 5.74) is 2.61. The summed E-state index contributed by atoms with van der Waals surface area (Å²) < 4.78 is 26.9. The van der Waals surface area contributed by atoms with E-state index >= 15 is 0 Å². The van der Waals surface area contributed by atoms with Gasteiger partial charge in [0.15, 0.2) is 6.10 Å². The second-order valence-electron chi connectivity index (χ2n) is 8.28. The summed E-state index contributed by atoms with van der Waals surface area (Å²) in [6.45, 7) is 1.37. The van der Waals surface area contributed by atoms with Crippen LogP contribution in [-0.2, 0) is 14.4 Å². The Balaban J connectivity index is 1.54. The van der Waals surface area contributed by atoms with Gasteiger partial charge in [-0.05, 0) is 41.8 Å². The average molecular weight is 479 g/mol. The molecule has 3 amide bonds. The van der Waals surface area contributed by atoms with Gasteiger partial charge in [0, 0.05) is 18.7 Å². The molecule has 0 aliphatic carbocycles. The fourth-order valence-corrected chi connectivity index (χ4v) is 4.08. The minimum absolute atomic E-state index is 0.292. The van der Waals surface area contributed by atoms with Gasteiger partial charge in [0.2, 0.25) is 5.91 Å². The van der Waals surface area contributed by atoms with Crippen molar-refractivity contribution in [2.24, 2.45) is 0 Å². The van der Waals surface area contributed by atoms with Crippen LogP contribution in [0.5, 0.6) is 0 Å². The van der Waals surface area contributed by atoms with Gasteiger partial charge in [-0.1, -0.05) is 42.5 Å². The van der Waals surface area contributed by atoms with Gasteiger partial charge in [-0.3, -0.25) is 14.4 Å². The molecule has 3 aromatic carbocycles. The third kappa shape index (κ3) is 4.76. The molecule has 3 aromatic rings. The average Bonchev–Trinajstić information content (AvgIpc) is 2.92. The minimum atomic E-state index is -1.89. The largest absolute Gasteiger partial charge is 0.378 e. The maximum atomic E-state index is 13.4. The number of fused-ring (bicyclic) bond motifs is 3. The zero-order chi connectivity index (χ0) is 25.3. The molecule has 3 atom stereocenters. The smallest absolute Gasteiger partial charge is 0.254 e. The summed E-state index contributed by atoms with van der Waals surface area (Å²) >= 11 is 0. The number of halogens is 2. The maximum Gasteiger partial charge on any atom is 0.254 e. The number of hydrogen-bond donors (Lipinski definition) is 3. The highest BCUT2D eigenvalue weighted by Crippen LogP contribution is 2.39. The van der Waals surface area contributed by atoms with E-state index in [1.165, 1.54) is 11.8 Å². The number of carbonyl (C=O) groups excluding carboxylic acids is 3. The highest BCUT2D eigenvalue weighted by atomic mass is 19.1. The van der Waals surface area contributed by atoms with Crippen LogP contribution in [0.1, 0.15) is 30.2 Å². The second-order valence-corrected chi connectivity index (χ2v) is 8.28. The van der Waals surface area contributed by atoms with E-state index in [0.717, 1.165) is 23.3 Å². The van der Waals surface area contributed by atoms with Crippen molar-refractivity contribution in [1.82, 2.24) is 10.6 Å². The Morgan fingerprint density at radius 3 is 2.23 bits per heavy atom. The van der Waals surface area contributed by atoms with Gasteiger partial charge in [0.25, 0.3) is 11.8 Å². The third-order valence-electron chi connectivity index (χ3n) is 5.89. The lowest BCUT2D eigenvalue weighted by atomic mass is 9.95. The van der Waals surface area contributed by atoms with Gasteiger partial charge in [-0.25, -0.2) is 8.78 Å². The molecule has 180 valence electrons. The first-order valence-corrected chi connectivity index (χ1v) is 10.9. The van der Waals surface area contributed by atoms with E-state index < -0.39 is 41.6 Å². The third-order valence-corrected chi connectivity index (χ3v) is 5.89. The van der Waals surface area contributed by atoms with Gasteiger partial charge in [0.1, 0.15) is 23.7 Å². The van der Waals surface area contributed by atoms with E-state index in [0.29, 0.717) is 17.3 Å². The van der Waals surface area contributed by atoms with E-state index in [9.17, 15) is 28.3 Å². The first-order valence-electron chi connectivity index (χ1n) is 10.9. The standard InChI is InChI=1S/C26H23F2N3O4/c1-14(29-25(34)23(32)15-11-16(27)13-17(28)12-15)24(33)30-22-20-9-4-3-7-18(20)19-8-5-6-10-21(19)31(2)26(22)35/h3-14,22-23,32H,1-2H3,(H,29,34)(H,30,33)/t14?,22-,23-/m0/s1. The molecule has 0 saturated heterocycles. The monoisotopic (exact) mass is 479 g/mol. The lowest BCUT2D eigenvalue weighted by Crippen LogP contribution is -2.49. The Kier molecular flexibility index (Phi) is 6.61. The molecule has 0 aromatic heterocycles. The number of carbonyl (C=O) groups is 3. The van der Waals surface area contributed by atoms with E-state index in [4.69, 9.17) is 0 Å². The molecule has 0 bridgehead atoms. The molecular formula is C26H23F2N3O4. The van der Waals surface area contributed by atoms with E-state index in [1.54, 1.807) is 19.2 Å². The Morgan fingerprint density at radius 1 is 0.943 bits per heavy atom. The highest BCUT2D eigenvalue weighted by Gasteiger charge is 2.34. The predicted molar refractivity (Wildman–Crippen MR) is 125 cm³/mol. The van der Waals surface area contributed by atoms with Crippen LogP contribution in [0.3, 0.4) is 0 Å². The summed E-state index contributed by atoms with van der Waals surface area (Å²) in [5, 5.41) is 15.2. The predicted octanol–water partition coefficient (Wildman–Crippen LogP) is 3.00. The van der Waals surface area contributed by atoms with Gasteiger partial charge in [-0.2, -0.15) is 0 Å². The zero-order valence-corrected chi connectivity index (χ0v) is 19.0. The fraction of sp³-hybridized carbons (Fsp3) is 0.192. The lowest BCUT2D eigenvalue weighted by molar-refractivity contribution is -0.134. The van der Waals surface area contributed by atoms with Crippen molar-refractivity contribution in [1.29, 1.82) is 0 Å². The molecular weight excluding hydrogens is 456 g/mol. The molecule has 1 aliphatic heterocycles. The van der Waals surface area contributed by atoms with Crippen LogP contribution in [-0.4, -0.2) is 35.9 Å². The van der Waals surface area contributed by atoms with Gasteiger partial charge in [-0.15, -0.1) is 0 Å². The summed E-state index contributed by atoms with van der Waals surface area (Å²) in [5.74, 6) is -3.97. The molecule has 1 aliphatic rings. The van der Waals surface area contributed by atoms with Crippen LogP contribution in [0.25, 0.3) is 11.1 Å². The number of nitrogens with zero attached hydrogens (tertiary/aromatic N) is 1. The number of aliphatic hydroxyl groups is 1. The zero-order valence-electron chi connectivity index (χ0n) is 19.0. The lowest BCUT2D eigenvalue weighted by Gasteiger charge is -2.24. The molecule has 7 nitrogen and oxygen atoms in total. The number of amides is 3. The molecule has 3 N–H and O–H groups in total. The Labute approximate surface area is 200 Å². The molecule has 1 heterocycles. The Hall–Kier alpha value is -4.11. The number of aliphatic hydroxyl groups excluding tert-OH is 1. The van der Waals surface area contributed by atoms with Crippen molar-refractivity contribution >= 4 is 23.4 Å². The van der Waals surface area contributed by atoms with Crippen LogP contribution in [0, 0.1) is 11.6 Å². The van der Waals surface area contributed by atoms with E-state index in [-0.39, 0.29) is 11.5 Å². The molecule has 0 saturated carbocycles. The number of para-hydroxylation sites is 1. The first kappa shape index (κ1) is 24.0. The Morgan fingerprint density at radius 2 is 1.54 bits per heavy atom. The van der Waals surface area contributed by atoms with Gasteiger partial charge >= 0.3 is 0 Å². The van der Waals surface area contributed by atoms with Crippen molar-refractivity contribution in [2.45, 2.75) is 25.1 Å². The van der Waals surface area contributed by atoms with Crippen LogP contribution in [0.15, 0.2) is 66.7 Å². The quantitative estimate of drug-likeness (QED) is 0.524. The highest BCUT2D eigenvalue weighted by molar-refractivity contribution is 6.06. The summed E-state index contributed by atoms with van der Waals surface area (Å²) in [6, 6.07) is 14.7. The number of benzene rings is 3. The molecule has 0 fully saturated rings. The van der Waals surface area contributed by atoms with E-state index in [2.05, 4.69) is 10.6 Å². The number of hydrogen-bond acceptors (Lipinski definition) is 4. The number of anilines is 1. The van der Waals surface area contributed by atoms with Crippen LogP contribution < -0.4 is 15.5 Å². The van der Waals surface area contributed by atoms with Crippen molar-refractivity contribution in [3.8, 4) is 11.1 Å². The fourth-order valence-electron chi connectivity index (χ4n) is 4.08. The molecule has 35 heavy (non-hydrogen) atoms. The molecule has 1 unspecified atom stereocenters. The summed E-state index contributed by atoms with van der Waals surface area (Å²) in [7, 11) is 1.62. The minimum Gasteiger partial charge on any atom is -0.378 e. The van der Waals surface area contributed by atoms with Crippen LogP contribution >= 0.6 is 0 Å².